The summed E-state index contributed by atoms with van der Waals surface area (Å²) in [6.07, 6.45) is -4.76. The van der Waals surface area contributed by atoms with Crippen molar-refractivity contribution >= 4 is 57.3 Å². The first kappa shape index (κ1) is 23.1. The summed E-state index contributed by atoms with van der Waals surface area (Å²) < 4.78 is 74.5. The molecule has 2 N–H and O–H groups in total. The van der Waals surface area contributed by atoms with Gasteiger partial charge in [-0.1, -0.05) is 17.7 Å². The quantitative estimate of drug-likeness (QED) is 0.570. The minimum atomic E-state index is -4.66. The Hall–Kier alpha value is -0.980. The van der Waals surface area contributed by atoms with Crippen LogP contribution in [0.3, 0.4) is 0 Å². The van der Waals surface area contributed by atoms with Crippen molar-refractivity contribution in [3.8, 4) is 5.75 Å². The fourth-order valence-corrected chi connectivity index (χ4v) is 3.09. The van der Waals surface area contributed by atoms with E-state index in [0.29, 0.717) is 0 Å². The number of alkyl halides is 3. The molecule has 2 unspecified atom stereocenters. The number of nitrogens with zero attached hydrogens (tertiary/aromatic N) is 1. The number of amides is 2. The molecule has 1 aliphatic heterocycles. The molecule has 1 aromatic rings. The Balaban J connectivity index is 0.00000338. The predicted octanol–water partition coefficient (Wildman–Crippen LogP) is 2.10. The van der Waals surface area contributed by atoms with E-state index in [4.69, 9.17) is 20.9 Å². The van der Waals surface area contributed by atoms with Gasteiger partial charge in [-0.05, 0) is 25.1 Å². The maximum absolute atomic E-state index is 12.7. The molecule has 0 spiro atoms. The summed E-state index contributed by atoms with van der Waals surface area (Å²) in [7, 11) is -4.66. The van der Waals surface area contributed by atoms with Gasteiger partial charge in [0.05, 0.1) is 10.6 Å². The number of urea groups is 1. The van der Waals surface area contributed by atoms with E-state index >= 15 is 0 Å². The van der Waals surface area contributed by atoms with Gasteiger partial charge in [-0.2, -0.15) is 21.6 Å². The molecular weight excluding hydrogens is 412 g/mol. The predicted molar refractivity (Wildman–Crippen MR) is 88.3 cm³/mol. The van der Waals surface area contributed by atoms with Gasteiger partial charge in [0, 0.05) is 6.20 Å². The third kappa shape index (κ3) is 5.51. The topological polar surface area (TPSA) is 95.9 Å². The van der Waals surface area contributed by atoms with E-state index in [-0.39, 0.29) is 35.3 Å². The molecule has 1 aliphatic rings. The number of carbonyl (C=O) groups is 1. The van der Waals surface area contributed by atoms with Crippen LogP contribution in [0.15, 0.2) is 35.5 Å². The summed E-state index contributed by atoms with van der Waals surface area (Å²) >= 11 is 5.72. The fourth-order valence-electron chi connectivity index (χ4n) is 2.00. The van der Waals surface area contributed by atoms with Gasteiger partial charge in [-0.3, -0.25) is 9.45 Å². The molecular formula is C13H13ClF3N2NaO5S. The van der Waals surface area contributed by atoms with Crippen molar-refractivity contribution in [1.29, 1.82) is 0 Å². The van der Waals surface area contributed by atoms with Gasteiger partial charge in [0.2, 0.25) is 0 Å². The number of carbonyl (C=O) groups excluding carboxylic acids is 1. The van der Waals surface area contributed by atoms with Crippen molar-refractivity contribution in [2.75, 3.05) is 0 Å². The molecule has 2 atom stereocenters. The first-order valence-electron chi connectivity index (χ1n) is 6.66. The minimum absolute atomic E-state index is 0. The monoisotopic (exact) mass is 424 g/mol. The average Bonchev–Trinajstić information content (AvgIpc) is 2.47. The zero-order valence-corrected chi connectivity index (χ0v) is 14.1. The van der Waals surface area contributed by atoms with E-state index in [2.05, 4.69) is 0 Å². The van der Waals surface area contributed by atoms with E-state index in [1.807, 2.05) is 5.32 Å². The van der Waals surface area contributed by atoms with Crippen molar-refractivity contribution in [3.63, 3.8) is 0 Å². The summed E-state index contributed by atoms with van der Waals surface area (Å²) in [6, 6.07) is 3.05. The van der Waals surface area contributed by atoms with Crippen LogP contribution in [-0.4, -0.2) is 65.1 Å². The molecule has 7 nitrogen and oxygen atoms in total. The van der Waals surface area contributed by atoms with Crippen LogP contribution in [0.4, 0.5) is 18.0 Å². The average molecular weight is 425 g/mol. The number of benzene rings is 1. The molecule has 1 heterocycles. The summed E-state index contributed by atoms with van der Waals surface area (Å²) in [5.41, 5.74) is -0.930. The van der Waals surface area contributed by atoms with E-state index in [1.54, 1.807) is 0 Å². The third-order valence-electron chi connectivity index (χ3n) is 3.16. The van der Waals surface area contributed by atoms with Crippen molar-refractivity contribution < 1.29 is 35.7 Å². The fraction of sp³-hybridized carbons (Fsp3) is 0.308. The van der Waals surface area contributed by atoms with Gasteiger partial charge >= 0.3 is 41.8 Å². The molecule has 0 saturated heterocycles. The molecule has 140 valence electrons. The molecule has 0 bridgehead atoms. The maximum atomic E-state index is 12.7. The van der Waals surface area contributed by atoms with Crippen LogP contribution in [-0.2, 0) is 16.3 Å². The van der Waals surface area contributed by atoms with E-state index in [1.165, 1.54) is 13.0 Å². The van der Waals surface area contributed by atoms with Crippen molar-refractivity contribution in [3.05, 3.63) is 41.1 Å². The summed E-state index contributed by atoms with van der Waals surface area (Å²) in [5, 5.41) is -0.289. The van der Waals surface area contributed by atoms with Gasteiger partial charge < -0.3 is 10.1 Å². The van der Waals surface area contributed by atoms with Crippen molar-refractivity contribution in [2.24, 2.45) is 0 Å². The number of nitrogens with one attached hydrogen (secondary N) is 1. The molecule has 1 aromatic carbocycles. The van der Waals surface area contributed by atoms with E-state index < -0.39 is 44.5 Å². The number of hydrogen-bond acceptors (Lipinski definition) is 4. The molecule has 0 aromatic heterocycles. The van der Waals surface area contributed by atoms with Gasteiger partial charge in [0.15, 0.2) is 11.6 Å². The molecule has 2 amide bonds. The standard InChI is InChI=1S/C13H12ClF3N2O5S.Na.H/c1-7(24-9-4-2-3-8(5-9)13(15,16)17)19-6-10(14)11(18-12(19)20)25(21,22)23;;/h2-7,11H,1H3,(H,18,20)(H,21,22,23);;. The molecule has 26 heavy (non-hydrogen) atoms. The zero-order chi connectivity index (χ0) is 19.0. The Kier molecular flexibility index (Phi) is 7.41. The number of ether oxygens (including phenoxy) is 1. The van der Waals surface area contributed by atoms with Crippen LogP contribution in [0, 0.1) is 0 Å². The van der Waals surface area contributed by atoms with Crippen molar-refractivity contribution in [1.82, 2.24) is 10.2 Å². The number of halogens is 4. The van der Waals surface area contributed by atoms with Gasteiger partial charge in [0.1, 0.15) is 5.75 Å². The third-order valence-corrected chi connectivity index (χ3v) is 4.57. The molecule has 0 fully saturated rings. The van der Waals surface area contributed by atoms with Gasteiger partial charge in [-0.15, -0.1) is 0 Å². The Morgan fingerprint density at radius 2 is 2.00 bits per heavy atom. The van der Waals surface area contributed by atoms with Crippen LogP contribution in [0.5, 0.6) is 5.75 Å². The van der Waals surface area contributed by atoms with Gasteiger partial charge in [-0.25, -0.2) is 4.79 Å². The van der Waals surface area contributed by atoms with Gasteiger partial charge in [0.25, 0.3) is 10.1 Å². The van der Waals surface area contributed by atoms with Crippen LogP contribution in [0.25, 0.3) is 0 Å². The second kappa shape index (κ2) is 8.36. The number of hydrogen-bond donors (Lipinski definition) is 2. The Morgan fingerprint density at radius 3 is 2.54 bits per heavy atom. The molecule has 0 saturated carbocycles. The zero-order valence-electron chi connectivity index (χ0n) is 12.5. The van der Waals surface area contributed by atoms with Crippen LogP contribution in [0.2, 0.25) is 0 Å². The molecule has 0 aliphatic carbocycles. The summed E-state index contributed by atoms with van der Waals surface area (Å²) in [4.78, 5) is 12.8. The summed E-state index contributed by atoms with van der Waals surface area (Å²) in [6.45, 7) is 1.34. The molecule has 2 rings (SSSR count). The molecule has 13 heteroatoms. The Morgan fingerprint density at radius 1 is 1.38 bits per heavy atom. The first-order valence-corrected chi connectivity index (χ1v) is 8.54. The second-order valence-corrected chi connectivity index (χ2v) is 6.95. The second-order valence-electron chi connectivity index (χ2n) is 5.01. The number of rotatable bonds is 4. The Bertz CT molecular complexity index is 818. The SMILES string of the molecule is CC(Oc1cccc(C(F)(F)F)c1)N1C=C(Cl)C(S(=O)(=O)O)NC1=O.[NaH]. The van der Waals surface area contributed by atoms with Crippen LogP contribution in [0.1, 0.15) is 12.5 Å². The van der Waals surface area contributed by atoms with E-state index in [0.717, 1.165) is 29.3 Å². The normalized spacial score (nSPS) is 19.2. The van der Waals surface area contributed by atoms with E-state index in [9.17, 15) is 26.4 Å². The first-order chi connectivity index (χ1) is 11.4. The van der Waals surface area contributed by atoms with Crippen LogP contribution < -0.4 is 10.1 Å². The van der Waals surface area contributed by atoms with Crippen LogP contribution >= 0.6 is 11.6 Å². The molecule has 0 radical (unpaired) electrons. The summed E-state index contributed by atoms with van der Waals surface area (Å²) in [5.74, 6) is -0.156. The Labute approximate surface area is 174 Å². The van der Waals surface area contributed by atoms with Crippen molar-refractivity contribution in [2.45, 2.75) is 24.7 Å².